The van der Waals surface area contributed by atoms with Crippen LogP contribution in [0.1, 0.15) is 50.0 Å². The Bertz CT molecular complexity index is 612. The molecule has 2 atom stereocenters. The van der Waals surface area contributed by atoms with Crippen molar-refractivity contribution >= 4 is 17.9 Å². The third-order valence-electron chi connectivity index (χ3n) is 4.93. The number of nitrogens with two attached hydrogens (primary N) is 1. The fourth-order valence-corrected chi connectivity index (χ4v) is 3.28. The molecule has 124 valence electrons. The van der Waals surface area contributed by atoms with Crippen LogP contribution in [0.15, 0.2) is 22.6 Å². The van der Waals surface area contributed by atoms with Gasteiger partial charge in [0.25, 0.3) is 0 Å². The van der Waals surface area contributed by atoms with E-state index in [1.54, 1.807) is 12.2 Å². The first-order valence-electron chi connectivity index (χ1n) is 8.38. The minimum absolute atomic E-state index is 0.000245. The summed E-state index contributed by atoms with van der Waals surface area (Å²) >= 11 is 0. The Balaban J connectivity index is 1.49. The number of piperidine rings is 1. The lowest BCUT2D eigenvalue weighted by Crippen LogP contribution is -2.38. The number of carbonyl (C=O) groups excluding carboxylic acids is 2. The molecule has 3 rings (SSSR count). The molecule has 0 radical (unpaired) electrons. The van der Waals surface area contributed by atoms with Crippen LogP contribution in [0.5, 0.6) is 0 Å². The van der Waals surface area contributed by atoms with Gasteiger partial charge in [0.2, 0.25) is 11.8 Å². The standard InChI is InChI=1S/C18H24N2O3/c1-12-10-15(12)16-4-2-14(23-16)3-5-18(22)20-8-6-13(7-9-20)11-17(19)21/h2-5,12-13,15H,6-11H2,1H3,(H2,19,21)/b5-3+. The number of nitrogens with zero attached hydrogens (tertiary/aromatic N) is 1. The largest absolute Gasteiger partial charge is 0.461 e. The van der Waals surface area contributed by atoms with E-state index >= 15 is 0 Å². The third kappa shape index (κ3) is 4.03. The van der Waals surface area contributed by atoms with Crippen molar-refractivity contribution in [3.05, 3.63) is 29.7 Å². The summed E-state index contributed by atoms with van der Waals surface area (Å²) in [7, 11) is 0. The van der Waals surface area contributed by atoms with Crippen molar-refractivity contribution in [1.82, 2.24) is 4.90 Å². The highest BCUT2D eigenvalue weighted by molar-refractivity contribution is 5.91. The minimum Gasteiger partial charge on any atom is -0.461 e. The van der Waals surface area contributed by atoms with E-state index in [1.165, 1.54) is 6.42 Å². The highest BCUT2D eigenvalue weighted by atomic mass is 16.3. The van der Waals surface area contributed by atoms with Crippen LogP contribution in [0.4, 0.5) is 0 Å². The molecule has 2 amide bonds. The maximum Gasteiger partial charge on any atom is 0.246 e. The molecule has 1 aliphatic carbocycles. The molecule has 5 nitrogen and oxygen atoms in total. The maximum absolute atomic E-state index is 12.2. The summed E-state index contributed by atoms with van der Waals surface area (Å²) in [4.78, 5) is 25.0. The predicted molar refractivity (Wildman–Crippen MR) is 87.4 cm³/mol. The van der Waals surface area contributed by atoms with Crippen LogP contribution in [0.25, 0.3) is 6.08 Å². The molecule has 2 N–H and O–H groups in total. The van der Waals surface area contributed by atoms with Gasteiger partial charge in [0.1, 0.15) is 11.5 Å². The van der Waals surface area contributed by atoms with Crippen LogP contribution < -0.4 is 5.73 Å². The topological polar surface area (TPSA) is 76.5 Å². The Morgan fingerprint density at radius 3 is 2.65 bits per heavy atom. The normalized spacial score (nSPS) is 25.0. The molecule has 1 saturated heterocycles. The van der Waals surface area contributed by atoms with Crippen LogP contribution in [-0.4, -0.2) is 29.8 Å². The molecule has 5 heteroatoms. The zero-order valence-corrected chi connectivity index (χ0v) is 13.5. The molecule has 0 bridgehead atoms. The summed E-state index contributed by atoms with van der Waals surface area (Å²) in [5.41, 5.74) is 5.22. The van der Waals surface area contributed by atoms with Crippen LogP contribution >= 0.6 is 0 Å². The third-order valence-corrected chi connectivity index (χ3v) is 4.93. The number of hydrogen-bond donors (Lipinski definition) is 1. The number of carbonyl (C=O) groups is 2. The Hall–Kier alpha value is -2.04. The molecule has 1 aromatic rings. The number of furan rings is 1. The van der Waals surface area contributed by atoms with E-state index < -0.39 is 0 Å². The Morgan fingerprint density at radius 2 is 2.04 bits per heavy atom. The van der Waals surface area contributed by atoms with Crippen LogP contribution in [0, 0.1) is 11.8 Å². The number of likely N-dealkylation sites (tertiary alicyclic amines) is 1. The first-order chi connectivity index (χ1) is 11.0. The van der Waals surface area contributed by atoms with Crippen LogP contribution in [0.2, 0.25) is 0 Å². The van der Waals surface area contributed by atoms with E-state index in [-0.39, 0.29) is 11.8 Å². The van der Waals surface area contributed by atoms with E-state index in [2.05, 4.69) is 6.92 Å². The molecule has 0 aromatic carbocycles. The average molecular weight is 316 g/mol. The molecule has 2 fully saturated rings. The SMILES string of the molecule is CC1CC1c1ccc(/C=C/C(=O)N2CCC(CC(N)=O)CC2)o1. The quantitative estimate of drug-likeness (QED) is 0.848. The highest BCUT2D eigenvalue weighted by Crippen LogP contribution is 2.47. The van der Waals surface area contributed by atoms with Crippen molar-refractivity contribution in [3.8, 4) is 0 Å². The zero-order valence-electron chi connectivity index (χ0n) is 13.5. The molecular formula is C18H24N2O3. The van der Waals surface area contributed by atoms with Crippen LogP contribution in [0.3, 0.4) is 0 Å². The number of rotatable bonds is 5. The number of primary amides is 1. The van der Waals surface area contributed by atoms with Gasteiger partial charge >= 0.3 is 0 Å². The van der Waals surface area contributed by atoms with Gasteiger partial charge in [0.05, 0.1) is 0 Å². The van der Waals surface area contributed by atoms with Gasteiger partial charge in [0.15, 0.2) is 0 Å². The number of amides is 2. The lowest BCUT2D eigenvalue weighted by atomic mass is 9.93. The summed E-state index contributed by atoms with van der Waals surface area (Å²) in [6.07, 6.45) is 6.62. The van der Waals surface area contributed by atoms with E-state index in [9.17, 15) is 9.59 Å². The van der Waals surface area contributed by atoms with Crippen molar-refractivity contribution in [3.63, 3.8) is 0 Å². The summed E-state index contributed by atoms with van der Waals surface area (Å²) in [5.74, 6) is 3.08. The Morgan fingerprint density at radius 1 is 1.35 bits per heavy atom. The van der Waals surface area contributed by atoms with E-state index in [4.69, 9.17) is 10.2 Å². The van der Waals surface area contributed by atoms with Gasteiger partial charge in [-0.15, -0.1) is 0 Å². The second-order valence-electron chi connectivity index (χ2n) is 6.83. The van der Waals surface area contributed by atoms with Gasteiger partial charge in [-0.2, -0.15) is 0 Å². The number of hydrogen-bond acceptors (Lipinski definition) is 3. The summed E-state index contributed by atoms with van der Waals surface area (Å²) in [5, 5.41) is 0. The van der Waals surface area contributed by atoms with Gasteiger partial charge in [-0.3, -0.25) is 9.59 Å². The van der Waals surface area contributed by atoms with Gasteiger partial charge in [-0.25, -0.2) is 0 Å². The predicted octanol–water partition coefficient (Wildman–Crippen LogP) is 2.53. The zero-order chi connectivity index (χ0) is 16.4. The Kier molecular flexibility index (Phi) is 4.55. The summed E-state index contributed by atoms with van der Waals surface area (Å²) < 4.78 is 5.77. The lowest BCUT2D eigenvalue weighted by molar-refractivity contribution is -0.127. The van der Waals surface area contributed by atoms with E-state index in [0.717, 1.165) is 24.4 Å². The van der Waals surface area contributed by atoms with Gasteiger partial charge in [-0.05, 0) is 49.3 Å². The second-order valence-corrected chi connectivity index (χ2v) is 6.83. The van der Waals surface area contributed by atoms with Crippen molar-refractivity contribution in [2.24, 2.45) is 17.6 Å². The first kappa shape index (κ1) is 15.8. The second kappa shape index (κ2) is 6.60. The molecule has 0 spiro atoms. The van der Waals surface area contributed by atoms with Crippen molar-refractivity contribution in [2.45, 2.75) is 38.5 Å². The van der Waals surface area contributed by atoms with Gasteiger partial charge < -0.3 is 15.1 Å². The van der Waals surface area contributed by atoms with Crippen molar-refractivity contribution < 1.29 is 14.0 Å². The fourth-order valence-electron chi connectivity index (χ4n) is 3.28. The molecule has 2 heterocycles. The van der Waals surface area contributed by atoms with Gasteiger partial charge in [0, 0.05) is 31.5 Å². The molecular weight excluding hydrogens is 292 g/mol. The van der Waals surface area contributed by atoms with E-state index in [0.29, 0.717) is 37.3 Å². The molecule has 2 aliphatic rings. The maximum atomic E-state index is 12.2. The highest BCUT2D eigenvalue weighted by Gasteiger charge is 2.36. The molecule has 2 unspecified atom stereocenters. The molecule has 1 saturated carbocycles. The van der Waals surface area contributed by atoms with Crippen molar-refractivity contribution in [2.75, 3.05) is 13.1 Å². The lowest BCUT2D eigenvalue weighted by Gasteiger charge is -2.30. The fraction of sp³-hybridized carbons (Fsp3) is 0.556. The van der Waals surface area contributed by atoms with Crippen molar-refractivity contribution in [1.29, 1.82) is 0 Å². The Labute approximate surface area is 136 Å². The minimum atomic E-state index is -0.256. The van der Waals surface area contributed by atoms with Crippen LogP contribution in [-0.2, 0) is 9.59 Å². The average Bonchev–Trinajstić information content (AvgIpc) is 3.07. The van der Waals surface area contributed by atoms with Gasteiger partial charge in [-0.1, -0.05) is 6.92 Å². The smallest absolute Gasteiger partial charge is 0.246 e. The molecule has 1 aliphatic heterocycles. The van der Waals surface area contributed by atoms with E-state index in [1.807, 2.05) is 17.0 Å². The molecule has 23 heavy (non-hydrogen) atoms. The summed E-state index contributed by atoms with van der Waals surface area (Å²) in [6, 6.07) is 3.93. The molecule has 1 aromatic heterocycles. The monoisotopic (exact) mass is 316 g/mol. The summed E-state index contributed by atoms with van der Waals surface area (Å²) in [6.45, 7) is 3.59. The first-order valence-corrected chi connectivity index (χ1v) is 8.38.